The molecule has 2 aromatic heterocycles. The highest BCUT2D eigenvalue weighted by atomic mass is 35.5. The van der Waals surface area contributed by atoms with Gasteiger partial charge in [0.2, 0.25) is 11.9 Å². The van der Waals surface area contributed by atoms with E-state index in [1.54, 1.807) is 0 Å². The Kier molecular flexibility index (Phi) is 3.03. The molecule has 2 rings (SSSR count). The van der Waals surface area contributed by atoms with E-state index in [-0.39, 0.29) is 21.4 Å². The minimum Gasteiger partial charge on any atom is -0.224 e. The van der Waals surface area contributed by atoms with Crippen molar-refractivity contribution in [1.29, 1.82) is 0 Å². The average Bonchev–Trinajstić information content (AvgIpc) is 2.15. The van der Waals surface area contributed by atoms with E-state index < -0.39 is 11.9 Å². The lowest BCUT2D eigenvalue weighted by molar-refractivity contribution is 0.513. The van der Waals surface area contributed by atoms with Crippen LogP contribution in [0.5, 0.6) is 0 Å². The number of nitrogens with zero attached hydrogens (tertiary/aromatic N) is 2. The molecule has 2 nitrogen and oxygen atoms in total. The zero-order valence-corrected chi connectivity index (χ0v) is 9.15. The van der Waals surface area contributed by atoms with E-state index in [0.29, 0.717) is 0 Å². The number of hydrogen-bond donors (Lipinski definition) is 0. The topological polar surface area (TPSA) is 25.8 Å². The van der Waals surface area contributed by atoms with Crippen molar-refractivity contribution in [2.75, 3.05) is 0 Å². The fourth-order valence-corrected chi connectivity index (χ4v) is 1.62. The van der Waals surface area contributed by atoms with Gasteiger partial charge in [-0.25, -0.2) is 4.98 Å². The van der Waals surface area contributed by atoms with Crippen molar-refractivity contribution < 1.29 is 8.78 Å². The lowest BCUT2D eigenvalue weighted by Crippen LogP contribution is -1.91. The Bertz CT molecular complexity index is 526. The van der Waals surface area contributed by atoms with Gasteiger partial charge in [-0.2, -0.15) is 13.8 Å². The summed E-state index contributed by atoms with van der Waals surface area (Å²) in [5.74, 6) is -1.87. The number of hydrogen-bond acceptors (Lipinski definition) is 2. The first-order chi connectivity index (χ1) is 7.56. The number of rotatable bonds is 1. The SMILES string of the molecule is Fc1cc(-c2[c]cc(Cl)nc2Cl)cc(F)n1. The van der Waals surface area contributed by atoms with Crippen LogP contribution in [0, 0.1) is 18.0 Å². The monoisotopic (exact) mass is 259 g/mol. The van der Waals surface area contributed by atoms with Gasteiger partial charge in [0.25, 0.3) is 0 Å². The zero-order valence-electron chi connectivity index (χ0n) is 7.64. The van der Waals surface area contributed by atoms with Crippen LogP contribution in [-0.2, 0) is 0 Å². The molecule has 0 aliphatic rings. The Morgan fingerprint density at radius 2 is 1.69 bits per heavy atom. The predicted octanol–water partition coefficient (Wildman–Crippen LogP) is 3.53. The lowest BCUT2D eigenvalue weighted by atomic mass is 10.1. The summed E-state index contributed by atoms with van der Waals surface area (Å²) in [6.07, 6.45) is 0. The van der Waals surface area contributed by atoms with Crippen LogP contribution in [-0.4, -0.2) is 9.97 Å². The average molecular weight is 260 g/mol. The Morgan fingerprint density at radius 1 is 1.06 bits per heavy atom. The normalized spacial score (nSPS) is 10.5. The van der Waals surface area contributed by atoms with Crippen LogP contribution in [0.1, 0.15) is 0 Å². The van der Waals surface area contributed by atoms with Gasteiger partial charge in [-0.05, 0) is 17.7 Å². The summed E-state index contributed by atoms with van der Waals surface area (Å²) in [7, 11) is 0. The summed E-state index contributed by atoms with van der Waals surface area (Å²) >= 11 is 11.4. The number of halogens is 4. The van der Waals surface area contributed by atoms with Gasteiger partial charge in [0.15, 0.2) is 0 Å². The molecule has 6 heteroatoms. The van der Waals surface area contributed by atoms with Crippen molar-refractivity contribution in [2.24, 2.45) is 0 Å². The zero-order chi connectivity index (χ0) is 11.7. The number of pyridine rings is 2. The first kappa shape index (κ1) is 11.2. The highest BCUT2D eigenvalue weighted by Gasteiger charge is 2.09. The number of aromatic nitrogens is 2. The molecule has 0 atom stereocenters. The Hall–Kier alpha value is -1.26. The van der Waals surface area contributed by atoms with Crippen LogP contribution >= 0.6 is 23.2 Å². The molecule has 0 spiro atoms. The Balaban J connectivity index is 2.58. The van der Waals surface area contributed by atoms with E-state index in [1.165, 1.54) is 6.07 Å². The quantitative estimate of drug-likeness (QED) is 0.733. The van der Waals surface area contributed by atoms with Crippen molar-refractivity contribution in [1.82, 2.24) is 9.97 Å². The third-order valence-electron chi connectivity index (χ3n) is 1.80. The second-order valence-corrected chi connectivity index (χ2v) is 3.64. The van der Waals surface area contributed by atoms with E-state index in [9.17, 15) is 8.78 Å². The fraction of sp³-hybridized carbons (Fsp3) is 0. The van der Waals surface area contributed by atoms with E-state index in [1.807, 2.05) is 0 Å². The molecule has 0 unspecified atom stereocenters. The summed E-state index contributed by atoms with van der Waals surface area (Å²) in [5.41, 5.74) is 0.477. The molecule has 0 saturated carbocycles. The first-order valence-electron chi connectivity index (χ1n) is 4.13. The molecule has 81 valence electrons. The lowest BCUT2D eigenvalue weighted by Gasteiger charge is -2.03. The summed E-state index contributed by atoms with van der Waals surface area (Å²) < 4.78 is 25.7. The van der Waals surface area contributed by atoms with Crippen molar-refractivity contribution in [3.8, 4) is 11.1 Å². The molecule has 0 N–H and O–H groups in total. The molecular weight excluding hydrogens is 257 g/mol. The van der Waals surface area contributed by atoms with Crippen molar-refractivity contribution in [3.63, 3.8) is 0 Å². The maximum atomic E-state index is 12.9. The molecule has 0 saturated heterocycles. The largest absolute Gasteiger partial charge is 0.224 e. The molecule has 1 radical (unpaired) electrons. The molecule has 0 amide bonds. The predicted molar refractivity (Wildman–Crippen MR) is 56.2 cm³/mol. The van der Waals surface area contributed by atoms with Crippen LogP contribution in [0.2, 0.25) is 10.3 Å². The summed E-state index contributed by atoms with van der Waals surface area (Å²) in [5, 5.41) is 0.182. The van der Waals surface area contributed by atoms with Gasteiger partial charge in [-0.3, -0.25) is 0 Å². The standard InChI is InChI=1S/C10H3Cl2F2N2/c11-7-2-1-6(10(12)15-7)5-3-8(13)16-9(14)4-5/h2-4H. The van der Waals surface area contributed by atoms with E-state index in [0.717, 1.165) is 12.1 Å². The Morgan fingerprint density at radius 3 is 2.25 bits per heavy atom. The maximum Gasteiger partial charge on any atom is 0.216 e. The minimum atomic E-state index is -0.936. The van der Waals surface area contributed by atoms with Crippen LogP contribution in [0.4, 0.5) is 8.78 Å². The molecule has 2 heterocycles. The highest BCUT2D eigenvalue weighted by molar-refractivity contribution is 6.34. The van der Waals surface area contributed by atoms with E-state index >= 15 is 0 Å². The maximum absolute atomic E-state index is 12.9. The molecule has 0 bridgehead atoms. The van der Waals surface area contributed by atoms with Gasteiger partial charge < -0.3 is 0 Å². The summed E-state index contributed by atoms with van der Waals surface area (Å²) in [4.78, 5) is 6.71. The Labute approximate surface area is 99.9 Å². The molecule has 16 heavy (non-hydrogen) atoms. The van der Waals surface area contributed by atoms with Crippen molar-refractivity contribution in [2.45, 2.75) is 0 Å². The van der Waals surface area contributed by atoms with Gasteiger partial charge in [0.1, 0.15) is 10.3 Å². The van der Waals surface area contributed by atoms with Crippen molar-refractivity contribution >= 4 is 23.2 Å². The smallest absolute Gasteiger partial charge is 0.216 e. The molecular formula is C10H3Cl2F2N2. The third-order valence-corrected chi connectivity index (χ3v) is 2.27. The van der Waals surface area contributed by atoms with Gasteiger partial charge in [-0.1, -0.05) is 23.2 Å². The van der Waals surface area contributed by atoms with Gasteiger partial charge in [0.05, 0.1) is 0 Å². The first-order valence-corrected chi connectivity index (χ1v) is 4.89. The van der Waals surface area contributed by atoms with Crippen LogP contribution in [0.15, 0.2) is 18.2 Å². The van der Waals surface area contributed by atoms with Crippen molar-refractivity contribution in [3.05, 3.63) is 46.5 Å². The van der Waals surface area contributed by atoms with Crippen LogP contribution in [0.3, 0.4) is 0 Å². The molecule has 0 aromatic carbocycles. The highest BCUT2D eigenvalue weighted by Crippen LogP contribution is 2.27. The third kappa shape index (κ3) is 2.28. The molecule has 2 aromatic rings. The van der Waals surface area contributed by atoms with E-state index in [4.69, 9.17) is 23.2 Å². The second-order valence-electron chi connectivity index (χ2n) is 2.89. The molecule has 0 aliphatic heterocycles. The van der Waals surface area contributed by atoms with Gasteiger partial charge in [0, 0.05) is 17.7 Å². The summed E-state index contributed by atoms with van der Waals surface area (Å²) in [6.45, 7) is 0. The second kappa shape index (κ2) is 4.31. The van der Waals surface area contributed by atoms with Crippen LogP contribution < -0.4 is 0 Å². The van der Waals surface area contributed by atoms with Crippen LogP contribution in [0.25, 0.3) is 11.1 Å². The molecule has 0 fully saturated rings. The van der Waals surface area contributed by atoms with E-state index in [2.05, 4.69) is 16.0 Å². The molecule has 0 aliphatic carbocycles. The minimum absolute atomic E-state index is 0.0255. The fourth-order valence-electron chi connectivity index (χ4n) is 1.18. The van der Waals surface area contributed by atoms with Gasteiger partial charge in [-0.15, -0.1) is 0 Å². The summed E-state index contributed by atoms with van der Waals surface area (Å²) in [6, 6.07) is 6.12. The van der Waals surface area contributed by atoms with Gasteiger partial charge >= 0.3 is 0 Å².